The molecule has 0 aliphatic rings. The smallest absolute Gasteiger partial charge is 0.182 e. The van der Waals surface area contributed by atoms with Crippen molar-refractivity contribution in [3.63, 3.8) is 0 Å². The maximum Gasteiger partial charge on any atom is 0.182 e. The van der Waals surface area contributed by atoms with E-state index in [0.29, 0.717) is 0 Å². The standard InChI is InChI=1S/C11H10N4O/c1-2-7-3-4-8(9-5-13-15-14-9)10-11(7)16-6-12-10/h3-6H,2H2,1H3,(H,13,14,15). The number of hydrogen-bond donors (Lipinski definition) is 1. The van der Waals surface area contributed by atoms with Gasteiger partial charge in [-0.1, -0.05) is 13.0 Å². The minimum atomic E-state index is 0.779. The molecule has 0 spiro atoms. The van der Waals surface area contributed by atoms with Crippen LogP contribution < -0.4 is 0 Å². The Morgan fingerprint density at radius 2 is 2.31 bits per heavy atom. The number of rotatable bonds is 2. The van der Waals surface area contributed by atoms with Crippen molar-refractivity contribution in [3.8, 4) is 11.3 Å². The number of H-pyrrole nitrogens is 1. The molecule has 16 heavy (non-hydrogen) atoms. The summed E-state index contributed by atoms with van der Waals surface area (Å²) >= 11 is 0. The van der Waals surface area contributed by atoms with E-state index in [4.69, 9.17) is 4.42 Å². The van der Waals surface area contributed by atoms with E-state index in [1.807, 2.05) is 12.1 Å². The minimum absolute atomic E-state index is 0.779. The van der Waals surface area contributed by atoms with Crippen molar-refractivity contribution in [2.24, 2.45) is 0 Å². The third-order valence-corrected chi connectivity index (χ3v) is 2.64. The number of aromatic nitrogens is 4. The van der Waals surface area contributed by atoms with Gasteiger partial charge in [-0.3, -0.25) is 0 Å². The quantitative estimate of drug-likeness (QED) is 0.709. The molecule has 0 saturated heterocycles. The second-order valence-electron chi connectivity index (χ2n) is 3.51. The summed E-state index contributed by atoms with van der Waals surface area (Å²) in [6.07, 6.45) is 4.06. The second kappa shape index (κ2) is 3.44. The van der Waals surface area contributed by atoms with E-state index in [0.717, 1.165) is 34.3 Å². The molecule has 0 aliphatic heterocycles. The number of fused-ring (bicyclic) bond motifs is 1. The molecule has 5 nitrogen and oxygen atoms in total. The van der Waals surface area contributed by atoms with E-state index >= 15 is 0 Å². The summed E-state index contributed by atoms with van der Waals surface area (Å²) < 4.78 is 5.41. The predicted molar refractivity (Wildman–Crippen MR) is 58.8 cm³/mol. The lowest BCUT2D eigenvalue weighted by Crippen LogP contribution is -1.86. The molecule has 0 amide bonds. The highest BCUT2D eigenvalue weighted by Gasteiger charge is 2.12. The Kier molecular flexibility index (Phi) is 1.96. The number of aryl methyl sites for hydroxylation is 1. The molecule has 3 rings (SSSR count). The van der Waals surface area contributed by atoms with Crippen LogP contribution >= 0.6 is 0 Å². The fraction of sp³-hybridized carbons (Fsp3) is 0.182. The highest BCUT2D eigenvalue weighted by atomic mass is 16.3. The van der Waals surface area contributed by atoms with Crippen LogP contribution in [-0.2, 0) is 6.42 Å². The van der Waals surface area contributed by atoms with Crippen LogP contribution in [0.25, 0.3) is 22.4 Å². The largest absolute Gasteiger partial charge is 0.443 e. The van der Waals surface area contributed by atoms with E-state index in [-0.39, 0.29) is 0 Å². The summed E-state index contributed by atoms with van der Waals surface area (Å²) in [5.74, 6) is 0. The van der Waals surface area contributed by atoms with Gasteiger partial charge >= 0.3 is 0 Å². The Labute approximate surface area is 91.5 Å². The van der Waals surface area contributed by atoms with Gasteiger partial charge in [0.05, 0.1) is 6.20 Å². The molecule has 0 saturated carbocycles. The Morgan fingerprint density at radius 1 is 1.38 bits per heavy atom. The number of hydrogen-bond acceptors (Lipinski definition) is 4. The van der Waals surface area contributed by atoms with Gasteiger partial charge in [0.15, 0.2) is 12.0 Å². The van der Waals surface area contributed by atoms with Gasteiger partial charge < -0.3 is 4.42 Å². The summed E-state index contributed by atoms with van der Waals surface area (Å²) in [6, 6.07) is 4.04. The van der Waals surface area contributed by atoms with Gasteiger partial charge in [-0.05, 0) is 18.1 Å². The molecule has 0 unspecified atom stereocenters. The monoisotopic (exact) mass is 214 g/mol. The van der Waals surface area contributed by atoms with Crippen LogP contribution in [0.4, 0.5) is 0 Å². The van der Waals surface area contributed by atoms with Gasteiger partial charge in [-0.2, -0.15) is 15.4 Å². The van der Waals surface area contributed by atoms with Gasteiger partial charge in [-0.25, -0.2) is 4.98 Å². The zero-order chi connectivity index (χ0) is 11.0. The Balaban J connectivity index is 2.31. The number of benzene rings is 1. The van der Waals surface area contributed by atoms with E-state index in [2.05, 4.69) is 27.3 Å². The Hall–Kier alpha value is -2.17. The zero-order valence-electron chi connectivity index (χ0n) is 8.77. The highest BCUT2D eigenvalue weighted by molar-refractivity contribution is 5.91. The van der Waals surface area contributed by atoms with Crippen molar-refractivity contribution < 1.29 is 4.42 Å². The molecule has 5 heteroatoms. The normalized spacial score (nSPS) is 11.1. The first kappa shape index (κ1) is 9.08. The maximum atomic E-state index is 5.41. The average molecular weight is 214 g/mol. The van der Waals surface area contributed by atoms with Crippen LogP contribution in [0.15, 0.2) is 29.1 Å². The molecular weight excluding hydrogens is 204 g/mol. The lowest BCUT2D eigenvalue weighted by atomic mass is 10.1. The molecule has 1 N–H and O–H groups in total. The summed E-state index contributed by atoms with van der Waals surface area (Å²) in [6.45, 7) is 2.09. The first-order valence-electron chi connectivity index (χ1n) is 5.11. The number of aromatic amines is 1. The fourth-order valence-corrected chi connectivity index (χ4v) is 1.82. The number of nitrogens with zero attached hydrogens (tertiary/aromatic N) is 3. The van der Waals surface area contributed by atoms with Crippen LogP contribution in [-0.4, -0.2) is 20.4 Å². The number of oxazole rings is 1. The lowest BCUT2D eigenvalue weighted by Gasteiger charge is -2.00. The van der Waals surface area contributed by atoms with E-state index < -0.39 is 0 Å². The van der Waals surface area contributed by atoms with E-state index in [1.54, 1.807) is 6.20 Å². The van der Waals surface area contributed by atoms with E-state index in [1.165, 1.54) is 6.39 Å². The second-order valence-corrected chi connectivity index (χ2v) is 3.51. The lowest BCUT2D eigenvalue weighted by molar-refractivity contribution is 0.598. The molecule has 3 aromatic rings. The molecule has 0 fully saturated rings. The fourth-order valence-electron chi connectivity index (χ4n) is 1.82. The minimum Gasteiger partial charge on any atom is -0.443 e. The summed E-state index contributed by atoms with van der Waals surface area (Å²) in [4.78, 5) is 4.23. The summed E-state index contributed by atoms with van der Waals surface area (Å²) in [5.41, 5.74) is 4.55. The van der Waals surface area contributed by atoms with Gasteiger partial charge in [-0.15, -0.1) is 0 Å². The molecule has 0 bridgehead atoms. The molecule has 2 aromatic heterocycles. The van der Waals surface area contributed by atoms with E-state index in [9.17, 15) is 0 Å². The van der Waals surface area contributed by atoms with Gasteiger partial charge in [0.25, 0.3) is 0 Å². The molecule has 80 valence electrons. The van der Waals surface area contributed by atoms with Gasteiger partial charge in [0, 0.05) is 5.56 Å². The first-order chi connectivity index (χ1) is 7.90. The summed E-state index contributed by atoms with van der Waals surface area (Å²) in [5, 5.41) is 10.4. The SMILES string of the molecule is CCc1ccc(-c2cn[nH]n2)c2ncoc12. The average Bonchev–Trinajstić information content (AvgIpc) is 2.98. The maximum absolute atomic E-state index is 5.41. The van der Waals surface area contributed by atoms with Crippen LogP contribution in [0, 0.1) is 0 Å². The van der Waals surface area contributed by atoms with Gasteiger partial charge in [0.1, 0.15) is 11.2 Å². The van der Waals surface area contributed by atoms with Crippen molar-refractivity contribution in [1.29, 1.82) is 0 Å². The van der Waals surface area contributed by atoms with Crippen molar-refractivity contribution in [2.45, 2.75) is 13.3 Å². The van der Waals surface area contributed by atoms with Crippen molar-refractivity contribution in [3.05, 3.63) is 30.3 Å². The third-order valence-electron chi connectivity index (χ3n) is 2.64. The number of nitrogens with one attached hydrogen (secondary N) is 1. The summed E-state index contributed by atoms with van der Waals surface area (Å²) in [7, 11) is 0. The molecule has 0 aliphatic carbocycles. The van der Waals surface area contributed by atoms with Crippen LogP contribution in [0.2, 0.25) is 0 Å². The molecule has 2 heterocycles. The molecule has 1 aromatic carbocycles. The third kappa shape index (κ3) is 1.21. The topological polar surface area (TPSA) is 67.6 Å². The van der Waals surface area contributed by atoms with Crippen molar-refractivity contribution in [2.75, 3.05) is 0 Å². The van der Waals surface area contributed by atoms with Crippen molar-refractivity contribution >= 4 is 11.1 Å². The Bertz CT molecular complexity index is 612. The molecule has 0 atom stereocenters. The Morgan fingerprint density at radius 3 is 3.06 bits per heavy atom. The van der Waals surface area contributed by atoms with Crippen LogP contribution in [0.1, 0.15) is 12.5 Å². The zero-order valence-corrected chi connectivity index (χ0v) is 8.77. The van der Waals surface area contributed by atoms with Crippen molar-refractivity contribution in [1.82, 2.24) is 20.4 Å². The highest BCUT2D eigenvalue weighted by Crippen LogP contribution is 2.28. The molecule has 0 radical (unpaired) electrons. The van der Waals surface area contributed by atoms with Gasteiger partial charge in [0.2, 0.25) is 0 Å². The molecular formula is C11H10N4O. The first-order valence-corrected chi connectivity index (χ1v) is 5.11. The van der Waals surface area contributed by atoms with Crippen LogP contribution in [0.3, 0.4) is 0 Å². The predicted octanol–water partition coefficient (Wildman–Crippen LogP) is 2.18. The van der Waals surface area contributed by atoms with Crippen LogP contribution in [0.5, 0.6) is 0 Å².